The topological polar surface area (TPSA) is 42.4 Å². The third-order valence-electron chi connectivity index (χ3n) is 2.58. The van der Waals surface area contributed by atoms with E-state index >= 15 is 0 Å². The molecule has 0 saturated heterocycles. The van der Waals surface area contributed by atoms with Gasteiger partial charge in [-0.15, -0.1) is 0 Å². The number of aromatic nitrogens is 1. The van der Waals surface area contributed by atoms with Crippen LogP contribution in [0.4, 0.5) is 0 Å². The smallest absolute Gasteiger partial charge is 0.219 e. The molecule has 1 unspecified atom stereocenters. The molecule has 0 saturated carbocycles. The van der Waals surface area contributed by atoms with Crippen molar-refractivity contribution in [3.8, 4) is 5.88 Å². The van der Waals surface area contributed by atoms with Crippen molar-refractivity contribution in [2.45, 2.75) is 19.6 Å². The summed E-state index contributed by atoms with van der Waals surface area (Å²) in [6.07, 6.45) is 1.57. The Morgan fingerprint density at radius 2 is 1.94 bits per heavy atom. The van der Waals surface area contributed by atoms with Gasteiger partial charge < -0.3 is 9.84 Å². The van der Waals surface area contributed by atoms with Crippen molar-refractivity contribution in [1.82, 2.24) is 4.98 Å². The maximum Gasteiger partial charge on any atom is 0.219 e. The quantitative estimate of drug-likeness (QED) is 0.876. The fourth-order valence-corrected chi connectivity index (χ4v) is 1.61. The highest BCUT2D eigenvalue weighted by molar-refractivity contribution is 5.26. The van der Waals surface area contributed by atoms with Gasteiger partial charge in [-0.1, -0.05) is 30.3 Å². The van der Waals surface area contributed by atoms with Crippen molar-refractivity contribution in [3.05, 3.63) is 59.8 Å². The molecule has 1 N–H and O–H groups in total. The SMILES string of the molecule is CC(Oc1ncccc1CO)c1ccccc1. The lowest BCUT2D eigenvalue weighted by Gasteiger charge is -2.15. The molecule has 0 aliphatic carbocycles. The molecular weight excluding hydrogens is 214 g/mol. The molecule has 0 spiro atoms. The van der Waals surface area contributed by atoms with E-state index in [9.17, 15) is 5.11 Å². The molecule has 88 valence electrons. The molecule has 1 atom stereocenters. The summed E-state index contributed by atoms with van der Waals surface area (Å²) in [5.74, 6) is 0.492. The van der Waals surface area contributed by atoms with E-state index in [1.54, 1.807) is 18.3 Å². The van der Waals surface area contributed by atoms with Crippen LogP contribution in [0.5, 0.6) is 5.88 Å². The monoisotopic (exact) mass is 229 g/mol. The van der Waals surface area contributed by atoms with Gasteiger partial charge in [0.1, 0.15) is 6.10 Å². The van der Waals surface area contributed by atoms with Gasteiger partial charge in [0.2, 0.25) is 5.88 Å². The molecule has 3 heteroatoms. The van der Waals surface area contributed by atoms with Crippen LogP contribution in [0.3, 0.4) is 0 Å². The molecule has 0 amide bonds. The predicted molar refractivity (Wildman–Crippen MR) is 65.6 cm³/mol. The normalized spacial score (nSPS) is 12.1. The Kier molecular flexibility index (Phi) is 3.73. The average molecular weight is 229 g/mol. The molecule has 0 fully saturated rings. The van der Waals surface area contributed by atoms with Crippen LogP contribution in [0.1, 0.15) is 24.2 Å². The molecule has 0 radical (unpaired) electrons. The summed E-state index contributed by atoms with van der Waals surface area (Å²) in [4.78, 5) is 4.13. The molecule has 1 heterocycles. The van der Waals surface area contributed by atoms with Gasteiger partial charge in [-0.3, -0.25) is 0 Å². The lowest BCUT2D eigenvalue weighted by atomic mass is 10.1. The van der Waals surface area contributed by atoms with E-state index in [0.717, 1.165) is 5.56 Å². The Balaban J connectivity index is 2.16. The van der Waals surface area contributed by atoms with E-state index in [2.05, 4.69) is 4.98 Å². The molecule has 17 heavy (non-hydrogen) atoms. The van der Waals surface area contributed by atoms with Crippen molar-refractivity contribution in [2.75, 3.05) is 0 Å². The zero-order valence-electron chi connectivity index (χ0n) is 9.71. The lowest BCUT2D eigenvalue weighted by molar-refractivity contribution is 0.204. The van der Waals surface area contributed by atoms with E-state index in [-0.39, 0.29) is 12.7 Å². The van der Waals surface area contributed by atoms with E-state index in [4.69, 9.17) is 4.74 Å². The Hall–Kier alpha value is -1.87. The minimum Gasteiger partial charge on any atom is -0.470 e. The van der Waals surface area contributed by atoms with Crippen molar-refractivity contribution >= 4 is 0 Å². The van der Waals surface area contributed by atoms with Gasteiger partial charge in [0.15, 0.2) is 0 Å². The number of benzene rings is 1. The number of rotatable bonds is 4. The van der Waals surface area contributed by atoms with E-state index in [1.807, 2.05) is 37.3 Å². The Morgan fingerprint density at radius 3 is 2.65 bits per heavy atom. The van der Waals surface area contributed by atoms with Gasteiger partial charge in [0.25, 0.3) is 0 Å². The number of ether oxygens (including phenoxy) is 1. The van der Waals surface area contributed by atoms with Crippen LogP contribution in [0, 0.1) is 0 Å². The number of pyridine rings is 1. The van der Waals surface area contributed by atoms with E-state index < -0.39 is 0 Å². The van der Waals surface area contributed by atoms with Gasteiger partial charge in [-0.2, -0.15) is 0 Å². The summed E-state index contributed by atoms with van der Waals surface area (Å²) < 4.78 is 5.75. The second-order valence-corrected chi connectivity index (χ2v) is 3.80. The molecule has 0 aliphatic rings. The van der Waals surface area contributed by atoms with Crippen LogP contribution in [-0.4, -0.2) is 10.1 Å². The lowest BCUT2D eigenvalue weighted by Crippen LogP contribution is -2.06. The van der Waals surface area contributed by atoms with Crippen LogP contribution in [-0.2, 0) is 6.61 Å². The van der Waals surface area contributed by atoms with Gasteiger partial charge in [-0.05, 0) is 24.6 Å². The first kappa shape index (κ1) is 11.6. The third kappa shape index (κ3) is 2.82. The number of nitrogens with zero attached hydrogens (tertiary/aromatic N) is 1. The van der Waals surface area contributed by atoms with Crippen LogP contribution >= 0.6 is 0 Å². The summed E-state index contributed by atoms with van der Waals surface area (Å²) in [7, 11) is 0. The first-order valence-corrected chi connectivity index (χ1v) is 5.57. The summed E-state index contributed by atoms with van der Waals surface area (Å²) in [5, 5.41) is 9.18. The molecule has 0 aliphatic heterocycles. The highest BCUT2D eigenvalue weighted by atomic mass is 16.5. The average Bonchev–Trinajstić information content (AvgIpc) is 2.40. The van der Waals surface area contributed by atoms with Crippen molar-refractivity contribution in [2.24, 2.45) is 0 Å². The Labute approximate surface area is 101 Å². The van der Waals surface area contributed by atoms with Crippen molar-refractivity contribution in [1.29, 1.82) is 0 Å². The highest BCUT2D eigenvalue weighted by Crippen LogP contribution is 2.22. The molecule has 1 aromatic heterocycles. The first-order valence-electron chi connectivity index (χ1n) is 5.57. The fourth-order valence-electron chi connectivity index (χ4n) is 1.61. The fraction of sp³-hybridized carbons (Fsp3) is 0.214. The Morgan fingerprint density at radius 1 is 1.18 bits per heavy atom. The van der Waals surface area contributed by atoms with Gasteiger partial charge in [0.05, 0.1) is 6.61 Å². The van der Waals surface area contributed by atoms with Crippen LogP contribution in [0.15, 0.2) is 48.7 Å². The summed E-state index contributed by atoms with van der Waals surface area (Å²) >= 11 is 0. The molecule has 0 bridgehead atoms. The predicted octanol–water partition coefficient (Wildman–Crippen LogP) is 2.71. The minimum atomic E-state index is -0.0867. The zero-order chi connectivity index (χ0) is 12.1. The molecule has 3 nitrogen and oxygen atoms in total. The van der Waals surface area contributed by atoms with Crippen molar-refractivity contribution in [3.63, 3.8) is 0 Å². The second-order valence-electron chi connectivity index (χ2n) is 3.80. The summed E-state index contributed by atoms with van der Waals surface area (Å²) in [6.45, 7) is 1.90. The molecule has 1 aromatic carbocycles. The largest absolute Gasteiger partial charge is 0.470 e. The second kappa shape index (κ2) is 5.46. The number of aliphatic hydroxyl groups is 1. The summed E-state index contributed by atoms with van der Waals surface area (Å²) in [6, 6.07) is 13.5. The van der Waals surface area contributed by atoms with Gasteiger partial charge in [-0.25, -0.2) is 4.98 Å². The minimum absolute atomic E-state index is 0.0648. The van der Waals surface area contributed by atoms with Gasteiger partial charge in [0, 0.05) is 11.8 Å². The van der Waals surface area contributed by atoms with Crippen molar-refractivity contribution < 1.29 is 9.84 Å². The standard InChI is InChI=1S/C14H15NO2/c1-11(12-6-3-2-4-7-12)17-14-13(10-16)8-5-9-15-14/h2-9,11,16H,10H2,1H3. The van der Waals surface area contributed by atoms with Crippen LogP contribution in [0.2, 0.25) is 0 Å². The first-order chi connectivity index (χ1) is 8.31. The highest BCUT2D eigenvalue weighted by Gasteiger charge is 2.10. The van der Waals surface area contributed by atoms with Crippen LogP contribution in [0.25, 0.3) is 0 Å². The zero-order valence-corrected chi connectivity index (χ0v) is 9.71. The number of hydrogen-bond acceptors (Lipinski definition) is 3. The number of hydrogen-bond donors (Lipinski definition) is 1. The van der Waals surface area contributed by atoms with Gasteiger partial charge >= 0.3 is 0 Å². The number of aliphatic hydroxyl groups excluding tert-OH is 1. The van der Waals surface area contributed by atoms with E-state index in [1.165, 1.54) is 0 Å². The molecular formula is C14H15NO2. The maximum atomic E-state index is 9.18. The molecule has 2 aromatic rings. The maximum absolute atomic E-state index is 9.18. The third-order valence-corrected chi connectivity index (χ3v) is 2.58. The summed E-state index contributed by atoms with van der Waals surface area (Å²) in [5.41, 5.74) is 1.79. The molecule has 2 rings (SSSR count). The van der Waals surface area contributed by atoms with E-state index in [0.29, 0.717) is 11.4 Å². The van der Waals surface area contributed by atoms with Crippen LogP contribution < -0.4 is 4.74 Å². The Bertz CT molecular complexity index is 471.